The average Bonchev–Trinajstić information content (AvgIpc) is 2.46. The molecule has 1 saturated heterocycles. The van der Waals surface area contributed by atoms with Crippen molar-refractivity contribution < 1.29 is 9.53 Å². The highest BCUT2D eigenvalue weighted by atomic mass is 16.5. The highest BCUT2D eigenvalue weighted by molar-refractivity contribution is 5.73. The SMILES string of the molecule is C=C(C)COC(=O)C1CCN(c2cnccn2)CC1. The lowest BCUT2D eigenvalue weighted by Crippen LogP contribution is -2.37. The van der Waals surface area contributed by atoms with Crippen molar-refractivity contribution in [3.63, 3.8) is 0 Å². The van der Waals surface area contributed by atoms with Crippen LogP contribution >= 0.6 is 0 Å². The predicted octanol–water partition coefficient (Wildman–Crippen LogP) is 1.81. The molecule has 0 saturated carbocycles. The van der Waals surface area contributed by atoms with Crippen LogP contribution in [0.3, 0.4) is 0 Å². The molecule has 2 rings (SSSR count). The van der Waals surface area contributed by atoms with Crippen LogP contribution < -0.4 is 4.90 Å². The number of ether oxygens (including phenoxy) is 1. The maximum atomic E-state index is 11.8. The molecule has 0 aliphatic carbocycles. The number of hydrogen-bond donors (Lipinski definition) is 0. The molecule has 0 amide bonds. The first kappa shape index (κ1) is 13.5. The molecule has 102 valence electrons. The highest BCUT2D eigenvalue weighted by Crippen LogP contribution is 2.22. The van der Waals surface area contributed by atoms with Crippen LogP contribution in [-0.4, -0.2) is 35.6 Å². The first-order valence-electron chi connectivity index (χ1n) is 6.49. The quantitative estimate of drug-likeness (QED) is 0.611. The van der Waals surface area contributed by atoms with Gasteiger partial charge in [0.1, 0.15) is 12.4 Å². The summed E-state index contributed by atoms with van der Waals surface area (Å²) in [5.74, 6) is 0.755. The Bertz CT molecular complexity index is 439. The van der Waals surface area contributed by atoms with Gasteiger partial charge in [-0.3, -0.25) is 9.78 Å². The van der Waals surface area contributed by atoms with Crippen LogP contribution in [0.2, 0.25) is 0 Å². The first-order chi connectivity index (χ1) is 9.16. The normalized spacial score (nSPS) is 16.2. The van der Waals surface area contributed by atoms with Gasteiger partial charge in [0, 0.05) is 25.5 Å². The molecule has 1 aliphatic rings. The topological polar surface area (TPSA) is 55.3 Å². The number of carbonyl (C=O) groups excluding carboxylic acids is 1. The minimum atomic E-state index is -0.109. The molecule has 5 heteroatoms. The molecular formula is C14H19N3O2. The number of piperidine rings is 1. The summed E-state index contributed by atoms with van der Waals surface area (Å²) in [5, 5.41) is 0. The summed E-state index contributed by atoms with van der Waals surface area (Å²) >= 11 is 0. The van der Waals surface area contributed by atoms with E-state index in [-0.39, 0.29) is 11.9 Å². The number of nitrogens with zero attached hydrogens (tertiary/aromatic N) is 3. The molecule has 2 heterocycles. The lowest BCUT2D eigenvalue weighted by atomic mass is 9.97. The summed E-state index contributed by atoms with van der Waals surface area (Å²) in [7, 11) is 0. The number of carbonyl (C=O) groups is 1. The van der Waals surface area contributed by atoms with Crippen molar-refractivity contribution in [3.05, 3.63) is 30.7 Å². The fourth-order valence-corrected chi connectivity index (χ4v) is 2.11. The van der Waals surface area contributed by atoms with Gasteiger partial charge in [-0.05, 0) is 25.3 Å². The molecule has 0 spiro atoms. The van der Waals surface area contributed by atoms with Gasteiger partial charge < -0.3 is 9.64 Å². The summed E-state index contributed by atoms with van der Waals surface area (Å²) in [6.45, 7) is 7.52. The minimum absolute atomic E-state index is 0.00716. The number of rotatable bonds is 4. The third kappa shape index (κ3) is 3.77. The number of aromatic nitrogens is 2. The van der Waals surface area contributed by atoms with Gasteiger partial charge in [0.05, 0.1) is 12.1 Å². The van der Waals surface area contributed by atoms with Gasteiger partial charge in [-0.2, -0.15) is 0 Å². The molecule has 0 aromatic carbocycles. The molecule has 0 unspecified atom stereocenters. The van der Waals surface area contributed by atoms with Crippen molar-refractivity contribution in [2.45, 2.75) is 19.8 Å². The van der Waals surface area contributed by atoms with Crippen LogP contribution in [-0.2, 0) is 9.53 Å². The largest absolute Gasteiger partial charge is 0.461 e. The van der Waals surface area contributed by atoms with E-state index in [1.54, 1.807) is 18.6 Å². The van der Waals surface area contributed by atoms with Crippen LogP contribution in [0, 0.1) is 5.92 Å². The molecule has 19 heavy (non-hydrogen) atoms. The summed E-state index contributed by atoms with van der Waals surface area (Å²) < 4.78 is 5.20. The third-order valence-corrected chi connectivity index (χ3v) is 3.16. The fraction of sp³-hybridized carbons (Fsp3) is 0.500. The van der Waals surface area contributed by atoms with Crippen LogP contribution in [0.5, 0.6) is 0 Å². The molecule has 5 nitrogen and oxygen atoms in total. The fourth-order valence-electron chi connectivity index (χ4n) is 2.11. The van der Waals surface area contributed by atoms with Crippen molar-refractivity contribution in [1.82, 2.24) is 9.97 Å². The van der Waals surface area contributed by atoms with Crippen LogP contribution in [0.1, 0.15) is 19.8 Å². The van der Waals surface area contributed by atoms with Gasteiger partial charge >= 0.3 is 5.97 Å². The standard InChI is InChI=1S/C14H19N3O2/c1-11(2)10-19-14(18)12-3-7-17(8-4-12)13-9-15-5-6-16-13/h5-6,9,12H,1,3-4,7-8,10H2,2H3. The van der Waals surface area contributed by atoms with Gasteiger partial charge in [-0.25, -0.2) is 4.98 Å². The zero-order chi connectivity index (χ0) is 13.7. The monoisotopic (exact) mass is 261 g/mol. The number of hydrogen-bond acceptors (Lipinski definition) is 5. The van der Waals surface area contributed by atoms with E-state index in [0.717, 1.165) is 37.3 Å². The Kier molecular flexibility index (Phi) is 4.49. The van der Waals surface area contributed by atoms with Gasteiger partial charge in [0.15, 0.2) is 0 Å². The molecular weight excluding hydrogens is 242 g/mol. The third-order valence-electron chi connectivity index (χ3n) is 3.16. The molecule has 1 aliphatic heterocycles. The smallest absolute Gasteiger partial charge is 0.309 e. The van der Waals surface area contributed by atoms with Crippen molar-refractivity contribution in [2.75, 3.05) is 24.6 Å². The van der Waals surface area contributed by atoms with Crippen molar-refractivity contribution >= 4 is 11.8 Å². The Morgan fingerprint density at radius 2 is 2.21 bits per heavy atom. The Morgan fingerprint density at radius 3 is 2.79 bits per heavy atom. The lowest BCUT2D eigenvalue weighted by Gasteiger charge is -2.31. The maximum absolute atomic E-state index is 11.8. The second-order valence-electron chi connectivity index (χ2n) is 4.89. The van der Waals surface area contributed by atoms with E-state index in [2.05, 4.69) is 21.4 Å². The van der Waals surface area contributed by atoms with Crippen LogP contribution in [0.25, 0.3) is 0 Å². The molecule has 0 radical (unpaired) electrons. The maximum Gasteiger partial charge on any atom is 0.309 e. The molecule has 1 aromatic rings. The summed E-state index contributed by atoms with van der Waals surface area (Å²) in [5.41, 5.74) is 0.866. The van der Waals surface area contributed by atoms with Gasteiger partial charge in [-0.1, -0.05) is 6.58 Å². The Labute approximate surface area is 113 Å². The summed E-state index contributed by atoms with van der Waals surface area (Å²) in [4.78, 5) is 22.3. The highest BCUT2D eigenvalue weighted by Gasteiger charge is 2.26. The number of esters is 1. The second-order valence-corrected chi connectivity index (χ2v) is 4.89. The number of anilines is 1. The van der Waals surface area contributed by atoms with Crippen molar-refractivity contribution in [2.24, 2.45) is 5.92 Å². The van der Waals surface area contributed by atoms with E-state index in [1.807, 2.05) is 6.92 Å². The molecule has 0 bridgehead atoms. The van der Waals surface area contributed by atoms with Gasteiger partial charge in [0.25, 0.3) is 0 Å². The molecule has 1 fully saturated rings. The van der Waals surface area contributed by atoms with E-state index >= 15 is 0 Å². The van der Waals surface area contributed by atoms with Crippen LogP contribution in [0.15, 0.2) is 30.7 Å². The van der Waals surface area contributed by atoms with Crippen molar-refractivity contribution in [3.8, 4) is 0 Å². The van der Waals surface area contributed by atoms with Crippen molar-refractivity contribution in [1.29, 1.82) is 0 Å². The minimum Gasteiger partial charge on any atom is -0.461 e. The molecule has 0 atom stereocenters. The first-order valence-corrected chi connectivity index (χ1v) is 6.49. The van der Waals surface area contributed by atoms with E-state index in [4.69, 9.17) is 4.74 Å². The Hall–Kier alpha value is -1.91. The Morgan fingerprint density at radius 1 is 1.47 bits per heavy atom. The van der Waals surface area contributed by atoms with E-state index in [9.17, 15) is 4.79 Å². The second kappa shape index (κ2) is 6.31. The zero-order valence-corrected chi connectivity index (χ0v) is 11.2. The van der Waals surface area contributed by atoms with E-state index in [1.165, 1.54) is 0 Å². The van der Waals surface area contributed by atoms with Crippen LogP contribution in [0.4, 0.5) is 5.82 Å². The Balaban J connectivity index is 1.82. The summed E-state index contributed by atoms with van der Waals surface area (Å²) in [6, 6.07) is 0. The van der Waals surface area contributed by atoms with E-state index in [0.29, 0.717) is 6.61 Å². The van der Waals surface area contributed by atoms with E-state index < -0.39 is 0 Å². The average molecular weight is 261 g/mol. The van der Waals surface area contributed by atoms with Gasteiger partial charge in [-0.15, -0.1) is 0 Å². The zero-order valence-electron chi connectivity index (χ0n) is 11.2. The lowest BCUT2D eigenvalue weighted by molar-refractivity contribution is -0.148. The predicted molar refractivity (Wildman–Crippen MR) is 72.7 cm³/mol. The summed E-state index contributed by atoms with van der Waals surface area (Å²) in [6.07, 6.45) is 6.69. The van der Waals surface area contributed by atoms with Gasteiger partial charge in [0.2, 0.25) is 0 Å². The molecule has 1 aromatic heterocycles. The molecule has 0 N–H and O–H groups in total.